The van der Waals surface area contributed by atoms with Gasteiger partial charge in [0.25, 0.3) is 5.91 Å². The van der Waals surface area contributed by atoms with Crippen LogP contribution in [-0.4, -0.2) is 23.1 Å². The highest BCUT2D eigenvalue weighted by Crippen LogP contribution is 2.22. The maximum absolute atomic E-state index is 12.0. The maximum atomic E-state index is 12.0. The Kier molecular flexibility index (Phi) is 5.24. The van der Waals surface area contributed by atoms with E-state index in [1.54, 1.807) is 12.1 Å². The summed E-state index contributed by atoms with van der Waals surface area (Å²) in [7, 11) is 0. The molecule has 1 amide bonds. The van der Waals surface area contributed by atoms with Crippen molar-refractivity contribution in [2.45, 2.75) is 20.0 Å². The molecule has 0 saturated heterocycles. The van der Waals surface area contributed by atoms with E-state index in [2.05, 4.69) is 5.32 Å². The first-order valence-electron chi connectivity index (χ1n) is 6.94. The van der Waals surface area contributed by atoms with Crippen LogP contribution < -0.4 is 5.32 Å². The lowest BCUT2D eigenvalue weighted by Gasteiger charge is -2.14. The number of nitrogens with one attached hydrogen (secondary N) is 1. The molecule has 1 atom stereocenters. The number of rotatable bonds is 4. The lowest BCUT2D eigenvalue weighted by Crippen LogP contribution is -2.30. The van der Waals surface area contributed by atoms with Crippen molar-refractivity contribution in [2.75, 3.05) is 5.32 Å². The Morgan fingerprint density at radius 2 is 1.83 bits per heavy atom. The van der Waals surface area contributed by atoms with Gasteiger partial charge in [-0.2, -0.15) is 0 Å². The molecule has 0 aliphatic heterocycles. The second-order valence-electron chi connectivity index (χ2n) is 5.06. The number of ether oxygens (including phenoxy) is 1. The fraction of sp³-hybridized carbons (Fsp3) is 0.176. The van der Waals surface area contributed by atoms with Gasteiger partial charge in [0.2, 0.25) is 0 Å². The normalized spacial score (nSPS) is 11.6. The van der Waals surface area contributed by atoms with Gasteiger partial charge in [0.05, 0.1) is 0 Å². The molecule has 0 unspecified atom stereocenters. The molecule has 0 radical (unpaired) electrons. The first kappa shape index (κ1) is 16.8. The molecular formula is C17H16ClNO4. The van der Waals surface area contributed by atoms with Gasteiger partial charge in [-0.15, -0.1) is 0 Å². The van der Waals surface area contributed by atoms with Crippen LogP contribution in [0.1, 0.15) is 22.8 Å². The predicted molar refractivity (Wildman–Crippen MR) is 87.8 cm³/mol. The predicted octanol–water partition coefficient (Wildman–Crippen LogP) is 3.54. The molecule has 5 nitrogen and oxygen atoms in total. The number of phenols is 1. The van der Waals surface area contributed by atoms with Gasteiger partial charge in [-0.25, -0.2) is 4.79 Å². The standard InChI is InChI=1S/C17H16ClNO4/c1-10-3-6-13(7-4-10)19-16(21)11(2)23-17(22)14-9-12(18)5-8-15(14)20/h3-9,11,20H,1-2H3,(H,19,21)/t11-/m1/s1. The molecule has 120 valence electrons. The van der Waals surface area contributed by atoms with Crippen LogP contribution in [0.15, 0.2) is 42.5 Å². The van der Waals surface area contributed by atoms with Crippen LogP contribution >= 0.6 is 11.6 Å². The SMILES string of the molecule is Cc1ccc(NC(=O)[C@@H](C)OC(=O)c2cc(Cl)ccc2O)cc1. The minimum absolute atomic E-state index is 0.0903. The smallest absolute Gasteiger partial charge is 0.342 e. The highest BCUT2D eigenvalue weighted by atomic mass is 35.5. The molecule has 0 fully saturated rings. The summed E-state index contributed by atoms with van der Waals surface area (Å²) in [6.07, 6.45) is -1.03. The monoisotopic (exact) mass is 333 g/mol. The minimum Gasteiger partial charge on any atom is -0.507 e. The molecule has 2 N–H and O–H groups in total. The Balaban J connectivity index is 2.01. The van der Waals surface area contributed by atoms with Crippen LogP contribution in [0.25, 0.3) is 0 Å². The second kappa shape index (κ2) is 7.15. The summed E-state index contributed by atoms with van der Waals surface area (Å²) in [4.78, 5) is 24.0. The average Bonchev–Trinajstić information content (AvgIpc) is 2.51. The summed E-state index contributed by atoms with van der Waals surface area (Å²) >= 11 is 5.78. The summed E-state index contributed by atoms with van der Waals surface area (Å²) in [5.41, 5.74) is 1.58. The van der Waals surface area contributed by atoms with Gasteiger partial charge in [-0.3, -0.25) is 4.79 Å². The molecule has 0 aromatic heterocycles. The zero-order chi connectivity index (χ0) is 17.0. The Morgan fingerprint density at radius 3 is 2.48 bits per heavy atom. The molecule has 2 aromatic carbocycles. The van der Waals surface area contributed by atoms with Crippen molar-refractivity contribution < 1.29 is 19.4 Å². The van der Waals surface area contributed by atoms with Gasteiger partial charge in [0.15, 0.2) is 6.10 Å². The number of anilines is 1. The van der Waals surface area contributed by atoms with E-state index in [0.29, 0.717) is 5.69 Å². The molecule has 0 aliphatic rings. The molecule has 0 spiro atoms. The number of carbonyl (C=O) groups is 2. The number of esters is 1. The number of aryl methyl sites for hydroxylation is 1. The fourth-order valence-corrected chi connectivity index (χ4v) is 2.00. The van der Waals surface area contributed by atoms with Crippen molar-refractivity contribution in [3.63, 3.8) is 0 Å². The number of aromatic hydroxyl groups is 1. The van der Waals surface area contributed by atoms with Crippen molar-refractivity contribution >= 4 is 29.2 Å². The van der Waals surface area contributed by atoms with Crippen LogP contribution in [0.5, 0.6) is 5.75 Å². The Labute approximate surface area is 138 Å². The topological polar surface area (TPSA) is 75.6 Å². The van der Waals surface area contributed by atoms with Gasteiger partial charge >= 0.3 is 5.97 Å². The molecule has 23 heavy (non-hydrogen) atoms. The van der Waals surface area contributed by atoms with Crippen LogP contribution in [0.4, 0.5) is 5.69 Å². The van der Waals surface area contributed by atoms with Crippen LogP contribution in [-0.2, 0) is 9.53 Å². The van der Waals surface area contributed by atoms with Crippen molar-refractivity contribution in [3.8, 4) is 5.75 Å². The third-order valence-corrected chi connectivity index (χ3v) is 3.39. The Hall–Kier alpha value is -2.53. The zero-order valence-electron chi connectivity index (χ0n) is 12.7. The largest absolute Gasteiger partial charge is 0.507 e. The number of hydrogen-bond acceptors (Lipinski definition) is 4. The van der Waals surface area contributed by atoms with Gasteiger partial charge in [-0.05, 0) is 44.2 Å². The van der Waals surface area contributed by atoms with Crippen molar-refractivity contribution in [3.05, 3.63) is 58.6 Å². The van der Waals surface area contributed by atoms with Gasteiger partial charge in [0, 0.05) is 10.7 Å². The number of halogens is 1. The van der Waals surface area contributed by atoms with Gasteiger partial charge in [-0.1, -0.05) is 29.3 Å². The van der Waals surface area contributed by atoms with E-state index >= 15 is 0 Å². The molecule has 2 rings (SSSR count). The van der Waals surface area contributed by atoms with Crippen LogP contribution in [0.3, 0.4) is 0 Å². The summed E-state index contributed by atoms with van der Waals surface area (Å²) < 4.78 is 5.06. The number of hydrogen-bond donors (Lipinski definition) is 2. The van der Waals surface area contributed by atoms with Crippen molar-refractivity contribution in [1.29, 1.82) is 0 Å². The molecule has 6 heteroatoms. The molecular weight excluding hydrogens is 318 g/mol. The first-order chi connectivity index (χ1) is 10.9. The van der Waals surface area contributed by atoms with Crippen molar-refractivity contribution in [2.24, 2.45) is 0 Å². The first-order valence-corrected chi connectivity index (χ1v) is 7.31. The van der Waals surface area contributed by atoms with E-state index in [1.165, 1.54) is 25.1 Å². The summed E-state index contributed by atoms with van der Waals surface area (Å²) in [6.45, 7) is 3.39. The van der Waals surface area contributed by atoms with E-state index in [0.717, 1.165) is 5.56 Å². The average molecular weight is 334 g/mol. The van der Waals surface area contributed by atoms with E-state index in [-0.39, 0.29) is 16.3 Å². The quantitative estimate of drug-likeness (QED) is 0.839. The van der Waals surface area contributed by atoms with E-state index in [4.69, 9.17) is 16.3 Å². The van der Waals surface area contributed by atoms with E-state index in [1.807, 2.05) is 19.1 Å². The summed E-state index contributed by atoms with van der Waals surface area (Å²) in [5.74, 6) is -1.55. The number of amides is 1. The number of phenolic OH excluding ortho intramolecular Hbond substituents is 1. The number of benzene rings is 2. The molecule has 0 saturated carbocycles. The Morgan fingerprint density at radius 1 is 1.17 bits per heavy atom. The lowest BCUT2D eigenvalue weighted by molar-refractivity contribution is -0.123. The molecule has 2 aromatic rings. The van der Waals surface area contributed by atoms with E-state index < -0.39 is 18.0 Å². The Bertz CT molecular complexity index is 728. The van der Waals surface area contributed by atoms with Gasteiger partial charge < -0.3 is 15.2 Å². The van der Waals surface area contributed by atoms with Crippen molar-refractivity contribution in [1.82, 2.24) is 0 Å². The highest BCUT2D eigenvalue weighted by molar-refractivity contribution is 6.31. The zero-order valence-corrected chi connectivity index (χ0v) is 13.4. The molecule has 0 heterocycles. The van der Waals surface area contributed by atoms with Crippen LogP contribution in [0, 0.1) is 6.92 Å². The molecule has 0 bridgehead atoms. The van der Waals surface area contributed by atoms with E-state index in [9.17, 15) is 14.7 Å². The highest BCUT2D eigenvalue weighted by Gasteiger charge is 2.21. The third-order valence-electron chi connectivity index (χ3n) is 3.15. The fourth-order valence-electron chi connectivity index (χ4n) is 1.83. The second-order valence-corrected chi connectivity index (χ2v) is 5.50. The number of carbonyl (C=O) groups excluding carboxylic acids is 2. The lowest BCUT2D eigenvalue weighted by atomic mass is 10.2. The summed E-state index contributed by atoms with van der Waals surface area (Å²) in [5, 5.41) is 12.6. The van der Waals surface area contributed by atoms with Gasteiger partial charge in [0.1, 0.15) is 11.3 Å². The van der Waals surface area contributed by atoms with Crippen LogP contribution in [0.2, 0.25) is 5.02 Å². The maximum Gasteiger partial charge on any atom is 0.342 e. The minimum atomic E-state index is -1.03. The molecule has 0 aliphatic carbocycles. The summed E-state index contributed by atoms with van der Waals surface area (Å²) in [6, 6.07) is 11.2. The third kappa shape index (κ3) is 4.47.